The van der Waals surface area contributed by atoms with Crippen LogP contribution in [0.25, 0.3) is 0 Å². The molecule has 1 heterocycles. The van der Waals surface area contributed by atoms with E-state index in [4.69, 9.17) is 4.74 Å². The summed E-state index contributed by atoms with van der Waals surface area (Å²) in [6, 6.07) is 11.3. The number of nitrogens with zero attached hydrogens (tertiary/aromatic N) is 1. The van der Waals surface area contributed by atoms with Crippen LogP contribution in [0.3, 0.4) is 0 Å². The van der Waals surface area contributed by atoms with E-state index in [2.05, 4.69) is 15.6 Å². The molecular formula is C18H19F2N3O3. The molecule has 1 aromatic carbocycles. The number of hydrogen-bond acceptors (Lipinski definition) is 4. The molecule has 0 unspecified atom stereocenters. The summed E-state index contributed by atoms with van der Waals surface area (Å²) >= 11 is 0. The number of hydrogen-bond donors (Lipinski definition) is 2. The summed E-state index contributed by atoms with van der Waals surface area (Å²) in [6.07, 6.45) is -0.204. The fraction of sp³-hybridized carbons (Fsp3) is 0.278. The molecule has 26 heavy (non-hydrogen) atoms. The average Bonchev–Trinajstić information content (AvgIpc) is 2.65. The number of nitrogens with one attached hydrogen (secondary N) is 2. The lowest BCUT2D eigenvalue weighted by Crippen LogP contribution is -2.49. The van der Waals surface area contributed by atoms with E-state index in [1.165, 1.54) is 0 Å². The predicted molar refractivity (Wildman–Crippen MR) is 90.5 cm³/mol. The van der Waals surface area contributed by atoms with Gasteiger partial charge in [-0.05, 0) is 23.3 Å². The number of rotatable bonds is 8. The minimum absolute atomic E-state index is 0.00502. The van der Waals surface area contributed by atoms with Crippen LogP contribution in [0.5, 0.6) is 0 Å². The number of aromatic nitrogens is 1. The molecule has 2 aromatic rings. The standard InChI is InChI=1S/C18H19F2N3O3/c19-16(20)11-22-17(24)15(10-13-4-2-1-3-5-13)23-18(25)26-12-14-6-8-21-9-7-14/h1-9,15-16H,10-12H2,(H,22,24)(H,23,25)/t15-/m0/s1. The minimum Gasteiger partial charge on any atom is -0.445 e. The summed E-state index contributed by atoms with van der Waals surface area (Å²) in [5.74, 6) is -0.699. The summed E-state index contributed by atoms with van der Waals surface area (Å²) in [5, 5.41) is 4.54. The molecule has 2 N–H and O–H groups in total. The van der Waals surface area contributed by atoms with E-state index in [0.717, 1.165) is 11.1 Å². The molecule has 0 saturated carbocycles. The highest BCUT2D eigenvalue weighted by molar-refractivity contribution is 5.85. The lowest BCUT2D eigenvalue weighted by molar-refractivity contribution is -0.123. The fourth-order valence-corrected chi connectivity index (χ4v) is 2.17. The molecule has 0 saturated heterocycles. The topological polar surface area (TPSA) is 80.3 Å². The Labute approximate surface area is 149 Å². The van der Waals surface area contributed by atoms with Gasteiger partial charge in [0.2, 0.25) is 5.91 Å². The largest absolute Gasteiger partial charge is 0.445 e. The van der Waals surface area contributed by atoms with Crippen molar-refractivity contribution < 1.29 is 23.1 Å². The van der Waals surface area contributed by atoms with Crippen LogP contribution in [0, 0.1) is 0 Å². The van der Waals surface area contributed by atoms with Gasteiger partial charge in [0.05, 0.1) is 6.54 Å². The van der Waals surface area contributed by atoms with E-state index in [9.17, 15) is 18.4 Å². The van der Waals surface area contributed by atoms with Gasteiger partial charge < -0.3 is 15.4 Å². The summed E-state index contributed by atoms with van der Waals surface area (Å²) in [4.78, 5) is 28.0. The Bertz CT molecular complexity index is 699. The zero-order chi connectivity index (χ0) is 18.8. The highest BCUT2D eigenvalue weighted by Crippen LogP contribution is 2.05. The summed E-state index contributed by atoms with van der Waals surface area (Å²) in [7, 11) is 0. The number of carbonyl (C=O) groups excluding carboxylic acids is 2. The van der Waals surface area contributed by atoms with Crippen LogP contribution in [0.1, 0.15) is 11.1 Å². The fourth-order valence-electron chi connectivity index (χ4n) is 2.17. The van der Waals surface area contributed by atoms with Gasteiger partial charge >= 0.3 is 6.09 Å². The number of alkyl halides is 2. The third-order valence-electron chi connectivity index (χ3n) is 3.44. The average molecular weight is 363 g/mol. The van der Waals surface area contributed by atoms with Gasteiger partial charge in [-0.25, -0.2) is 13.6 Å². The number of pyridine rings is 1. The van der Waals surface area contributed by atoms with Crippen molar-refractivity contribution in [3.63, 3.8) is 0 Å². The Morgan fingerprint density at radius 2 is 1.73 bits per heavy atom. The monoisotopic (exact) mass is 363 g/mol. The van der Waals surface area contributed by atoms with Gasteiger partial charge in [-0.2, -0.15) is 0 Å². The highest BCUT2D eigenvalue weighted by atomic mass is 19.3. The van der Waals surface area contributed by atoms with Gasteiger partial charge in [0.25, 0.3) is 6.43 Å². The second-order valence-electron chi connectivity index (χ2n) is 5.45. The van der Waals surface area contributed by atoms with Gasteiger partial charge in [-0.15, -0.1) is 0 Å². The smallest absolute Gasteiger partial charge is 0.408 e. The van der Waals surface area contributed by atoms with Crippen LogP contribution >= 0.6 is 0 Å². The number of ether oxygens (including phenoxy) is 1. The molecule has 1 aromatic heterocycles. The molecule has 0 aliphatic rings. The van der Waals surface area contributed by atoms with Gasteiger partial charge in [-0.3, -0.25) is 9.78 Å². The van der Waals surface area contributed by atoms with Crippen molar-refractivity contribution in [1.29, 1.82) is 0 Å². The third kappa shape index (κ3) is 6.84. The van der Waals surface area contributed by atoms with Gasteiger partial charge in [-0.1, -0.05) is 30.3 Å². The van der Waals surface area contributed by atoms with Gasteiger partial charge in [0, 0.05) is 18.8 Å². The van der Waals surface area contributed by atoms with Crippen LogP contribution in [0.15, 0.2) is 54.9 Å². The van der Waals surface area contributed by atoms with Gasteiger partial charge in [0.15, 0.2) is 0 Å². The second kappa shape index (κ2) is 10.1. The van der Waals surface area contributed by atoms with Crippen LogP contribution in [0.4, 0.5) is 13.6 Å². The van der Waals surface area contributed by atoms with E-state index in [-0.39, 0.29) is 13.0 Å². The summed E-state index contributed by atoms with van der Waals surface area (Å²) in [5.41, 5.74) is 1.51. The van der Waals surface area contributed by atoms with Crippen molar-refractivity contribution in [3.8, 4) is 0 Å². The predicted octanol–water partition coefficient (Wildman–Crippen LogP) is 2.30. The second-order valence-corrected chi connectivity index (χ2v) is 5.45. The van der Waals surface area contributed by atoms with E-state index >= 15 is 0 Å². The maximum atomic E-state index is 12.3. The molecule has 0 bridgehead atoms. The molecule has 2 amide bonds. The number of halogens is 2. The SMILES string of the molecule is O=C(N[C@@H](Cc1ccccc1)C(=O)NCC(F)F)OCc1ccncc1. The number of benzene rings is 1. The van der Waals surface area contributed by atoms with E-state index in [1.807, 2.05) is 6.07 Å². The maximum Gasteiger partial charge on any atom is 0.408 e. The number of alkyl carbamates (subject to hydrolysis) is 1. The highest BCUT2D eigenvalue weighted by Gasteiger charge is 2.22. The van der Waals surface area contributed by atoms with Crippen molar-refractivity contribution >= 4 is 12.0 Å². The molecule has 6 nitrogen and oxygen atoms in total. The first-order valence-electron chi connectivity index (χ1n) is 7.96. The first kappa shape index (κ1) is 19.3. The van der Waals surface area contributed by atoms with Crippen LogP contribution in [0.2, 0.25) is 0 Å². The van der Waals surface area contributed by atoms with Crippen molar-refractivity contribution in [1.82, 2.24) is 15.6 Å². The Morgan fingerprint density at radius 3 is 2.38 bits per heavy atom. The lowest BCUT2D eigenvalue weighted by atomic mass is 10.1. The summed E-state index contributed by atoms with van der Waals surface area (Å²) < 4.78 is 29.7. The maximum absolute atomic E-state index is 12.3. The van der Waals surface area contributed by atoms with Crippen molar-refractivity contribution in [2.45, 2.75) is 25.5 Å². The molecule has 0 radical (unpaired) electrons. The van der Waals surface area contributed by atoms with E-state index in [1.54, 1.807) is 48.8 Å². The molecule has 138 valence electrons. The van der Waals surface area contributed by atoms with Crippen molar-refractivity contribution in [3.05, 3.63) is 66.0 Å². The summed E-state index contributed by atoms with van der Waals surface area (Å²) in [6.45, 7) is -0.775. The number of carbonyl (C=O) groups is 2. The lowest BCUT2D eigenvalue weighted by Gasteiger charge is -2.18. The zero-order valence-corrected chi connectivity index (χ0v) is 13.9. The molecule has 2 rings (SSSR count). The molecule has 0 aliphatic carbocycles. The van der Waals surface area contributed by atoms with E-state index in [0.29, 0.717) is 0 Å². The molecule has 1 atom stereocenters. The molecule has 0 fully saturated rings. The van der Waals surface area contributed by atoms with Crippen LogP contribution in [-0.2, 0) is 22.6 Å². The first-order chi connectivity index (χ1) is 12.5. The zero-order valence-electron chi connectivity index (χ0n) is 13.9. The van der Waals surface area contributed by atoms with Crippen molar-refractivity contribution in [2.75, 3.05) is 6.54 Å². The molecular weight excluding hydrogens is 344 g/mol. The molecule has 0 aliphatic heterocycles. The number of amides is 2. The Kier molecular flexibility index (Phi) is 7.48. The van der Waals surface area contributed by atoms with Crippen LogP contribution in [-0.4, -0.2) is 36.0 Å². The Morgan fingerprint density at radius 1 is 1.04 bits per heavy atom. The van der Waals surface area contributed by atoms with E-state index < -0.39 is 31.0 Å². The molecule has 8 heteroatoms. The minimum atomic E-state index is -2.67. The Balaban J connectivity index is 1.95. The normalized spacial score (nSPS) is 11.7. The van der Waals surface area contributed by atoms with Crippen LogP contribution < -0.4 is 10.6 Å². The van der Waals surface area contributed by atoms with Crippen molar-refractivity contribution in [2.24, 2.45) is 0 Å². The van der Waals surface area contributed by atoms with Gasteiger partial charge in [0.1, 0.15) is 12.6 Å². The first-order valence-corrected chi connectivity index (χ1v) is 7.96. The Hall–Kier alpha value is -3.03. The third-order valence-corrected chi connectivity index (χ3v) is 3.44. The molecule has 0 spiro atoms. The quantitative estimate of drug-likeness (QED) is 0.754.